The molecule has 3 amide bonds. The maximum atomic E-state index is 16.4. The fraction of sp³-hybridized carbons (Fsp3) is 0.421. The Kier molecular flexibility index (Phi) is 8.74. The summed E-state index contributed by atoms with van der Waals surface area (Å²) in [7, 11) is 1.95. The normalized spacial score (nSPS) is 21.1. The van der Waals surface area contributed by atoms with Gasteiger partial charge in [-0.3, -0.25) is 24.6 Å². The summed E-state index contributed by atoms with van der Waals surface area (Å²) in [6.07, 6.45) is 10.5. The molecule has 4 aromatic rings. The van der Waals surface area contributed by atoms with Crippen molar-refractivity contribution < 1.29 is 18.8 Å². The minimum atomic E-state index is -1.48. The van der Waals surface area contributed by atoms with Crippen LogP contribution in [0.5, 0.6) is 0 Å². The van der Waals surface area contributed by atoms with Gasteiger partial charge in [0.25, 0.3) is 5.91 Å². The van der Waals surface area contributed by atoms with Crippen molar-refractivity contribution in [1.29, 1.82) is 0 Å². The second-order valence-electron chi connectivity index (χ2n) is 14.2. The van der Waals surface area contributed by atoms with Gasteiger partial charge < -0.3 is 19.7 Å². The molecule has 0 spiro atoms. The number of carbonyl (C=O) groups excluding carboxylic acids is 3. The first-order valence-corrected chi connectivity index (χ1v) is 17.8. The molecule has 0 bridgehead atoms. The summed E-state index contributed by atoms with van der Waals surface area (Å²) >= 11 is 0. The molecule has 264 valence electrons. The van der Waals surface area contributed by atoms with Crippen LogP contribution in [0, 0.1) is 0 Å². The number of hydrogen-bond donors (Lipinski definition) is 2. The van der Waals surface area contributed by atoms with E-state index in [2.05, 4.69) is 59.7 Å². The van der Waals surface area contributed by atoms with Crippen molar-refractivity contribution in [3.63, 3.8) is 0 Å². The smallest absolute Gasteiger partial charge is 0.255 e. The Morgan fingerprint density at radius 2 is 1.69 bits per heavy atom. The van der Waals surface area contributed by atoms with Crippen LogP contribution in [0.15, 0.2) is 67.3 Å². The Bertz CT molecular complexity index is 1930. The number of hydrogen-bond acceptors (Lipinski definition) is 9. The molecule has 12 nitrogen and oxygen atoms in total. The number of likely N-dealkylation sites (tertiary alicyclic amines) is 1. The van der Waals surface area contributed by atoms with Crippen LogP contribution in [0.25, 0.3) is 11.4 Å². The molecule has 3 saturated heterocycles. The SMILES string of the molecule is Cn1ccnc1-c1cnc(NC2CCN(c3ccc(CN4CCC(F)(c5ccc6c(c5)CN(C5CCC(=O)NC5=O)C6=O)CC4)cc3)CC2)nc1. The Balaban J connectivity index is 0.807. The van der Waals surface area contributed by atoms with E-state index in [1.165, 1.54) is 16.2 Å². The van der Waals surface area contributed by atoms with Gasteiger partial charge >= 0.3 is 0 Å². The van der Waals surface area contributed by atoms with Crippen LogP contribution < -0.4 is 15.5 Å². The highest BCUT2D eigenvalue weighted by Crippen LogP contribution is 2.40. The lowest BCUT2D eigenvalue weighted by atomic mass is 9.84. The van der Waals surface area contributed by atoms with E-state index in [9.17, 15) is 14.4 Å². The molecule has 2 aromatic heterocycles. The van der Waals surface area contributed by atoms with E-state index in [1.54, 1.807) is 24.4 Å². The van der Waals surface area contributed by atoms with Crippen molar-refractivity contribution in [2.75, 3.05) is 36.4 Å². The lowest BCUT2D eigenvalue weighted by Gasteiger charge is -2.37. The minimum Gasteiger partial charge on any atom is -0.371 e. The number of piperidine rings is 3. The predicted molar refractivity (Wildman–Crippen MR) is 189 cm³/mol. The standard InChI is InChI=1S/C38H42FN9O3/c1-45-19-14-40-34(45)27-21-41-37(42-22-27)43-29-10-15-47(16-11-29)30-5-2-25(3-6-30)23-46-17-12-38(39,13-18-46)28-4-7-31-26(20-28)24-48(36(31)51)32-8-9-33(49)44-35(32)50/h2-7,14,19-22,29,32H,8-13,15-18,23-24H2,1H3,(H,41,42,43)(H,44,49,50). The largest absolute Gasteiger partial charge is 0.371 e. The number of nitrogens with zero attached hydrogens (tertiary/aromatic N) is 7. The number of halogens is 1. The number of carbonyl (C=O) groups is 3. The highest BCUT2D eigenvalue weighted by Gasteiger charge is 2.41. The van der Waals surface area contributed by atoms with Gasteiger partial charge in [0, 0.05) is 94.8 Å². The fourth-order valence-electron chi connectivity index (χ4n) is 7.90. The number of imide groups is 1. The molecular formula is C38H42FN9O3. The first kappa shape index (κ1) is 33.0. The Morgan fingerprint density at radius 1 is 0.941 bits per heavy atom. The molecule has 1 atom stereocenters. The fourth-order valence-corrected chi connectivity index (χ4v) is 7.90. The summed E-state index contributed by atoms with van der Waals surface area (Å²) < 4.78 is 18.3. The number of benzene rings is 2. The number of nitrogens with one attached hydrogen (secondary N) is 2. The van der Waals surface area contributed by atoms with Crippen molar-refractivity contribution in [1.82, 2.24) is 34.6 Å². The summed E-state index contributed by atoms with van der Waals surface area (Å²) in [6.45, 7) is 4.16. The summed E-state index contributed by atoms with van der Waals surface area (Å²) in [5.41, 5.74) is 3.66. The van der Waals surface area contributed by atoms with Crippen LogP contribution >= 0.6 is 0 Å². The van der Waals surface area contributed by atoms with E-state index in [4.69, 9.17) is 0 Å². The second kappa shape index (κ2) is 13.5. The molecule has 8 rings (SSSR count). The zero-order chi connectivity index (χ0) is 35.1. The van der Waals surface area contributed by atoms with Crippen molar-refractivity contribution in [2.24, 2.45) is 7.05 Å². The predicted octanol–water partition coefficient (Wildman–Crippen LogP) is 4.18. The van der Waals surface area contributed by atoms with E-state index in [1.807, 2.05) is 30.2 Å². The number of fused-ring (bicyclic) bond motifs is 1. The van der Waals surface area contributed by atoms with Crippen molar-refractivity contribution in [3.05, 3.63) is 89.5 Å². The number of amides is 3. The van der Waals surface area contributed by atoms with Crippen LogP contribution in [0.1, 0.15) is 65.6 Å². The molecular weight excluding hydrogens is 649 g/mol. The topological polar surface area (TPSA) is 129 Å². The van der Waals surface area contributed by atoms with Gasteiger partial charge in [0.1, 0.15) is 17.5 Å². The van der Waals surface area contributed by atoms with E-state index >= 15 is 4.39 Å². The van der Waals surface area contributed by atoms with Crippen molar-refractivity contribution in [3.8, 4) is 11.4 Å². The molecule has 2 aromatic carbocycles. The zero-order valence-corrected chi connectivity index (χ0v) is 28.7. The number of imidazole rings is 1. The average Bonchev–Trinajstić information content (AvgIpc) is 3.72. The number of alkyl halides is 1. The van der Waals surface area contributed by atoms with E-state index in [0.717, 1.165) is 49.4 Å². The summed E-state index contributed by atoms with van der Waals surface area (Å²) in [6, 6.07) is 13.6. The molecule has 4 aliphatic rings. The van der Waals surface area contributed by atoms with Crippen molar-refractivity contribution >= 4 is 29.4 Å². The average molecular weight is 692 g/mol. The number of anilines is 2. The van der Waals surface area contributed by atoms with Crippen LogP contribution in [0.3, 0.4) is 0 Å². The van der Waals surface area contributed by atoms with Gasteiger partial charge in [-0.1, -0.05) is 24.3 Å². The van der Waals surface area contributed by atoms with Gasteiger partial charge in [-0.15, -0.1) is 0 Å². The highest BCUT2D eigenvalue weighted by atomic mass is 19.1. The lowest BCUT2D eigenvalue weighted by molar-refractivity contribution is -0.136. The first-order valence-electron chi connectivity index (χ1n) is 17.8. The molecule has 6 heterocycles. The second-order valence-corrected chi connectivity index (χ2v) is 14.2. The van der Waals surface area contributed by atoms with E-state index in [0.29, 0.717) is 55.5 Å². The first-order chi connectivity index (χ1) is 24.7. The van der Waals surface area contributed by atoms with Gasteiger partial charge in [0.05, 0.1) is 5.56 Å². The highest BCUT2D eigenvalue weighted by molar-refractivity contribution is 6.05. The van der Waals surface area contributed by atoms with Crippen LogP contribution in [0.4, 0.5) is 16.0 Å². The van der Waals surface area contributed by atoms with Gasteiger partial charge in [-0.25, -0.2) is 19.3 Å². The molecule has 4 aliphatic heterocycles. The Labute approximate surface area is 296 Å². The van der Waals surface area contributed by atoms with Crippen LogP contribution in [0.2, 0.25) is 0 Å². The molecule has 1 unspecified atom stereocenters. The Morgan fingerprint density at radius 3 is 2.37 bits per heavy atom. The van der Waals surface area contributed by atoms with Crippen molar-refractivity contribution in [2.45, 2.75) is 69.4 Å². The molecule has 13 heteroatoms. The summed E-state index contributed by atoms with van der Waals surface area (Å²) in [5.74, 6) is 0.480. The lowest BCUT2D eigenvalue weighted by Crippen LogP contribution is -2.52. The van der Waals surface area contributed by atoms with Crippen LogP contribution in [-0.2, 0) is 35.4 Å². The molecule has 0 aliphatic carbocycles. The molecule has 0 radical (unpaired) electrons. The molecule has 3 fully saturated rings. The molecule has 0 saturated carbocycles. The maximum absolute atomic E-state index is 16.4. The minimum absolute atomic E-state index is 0.203. The van der Waals surface area contributed by atoms with E-state index in [-0.39, 0.29) is 24.8 Å². The maximum Gasteiger partial charge on any atom is 0.255 e. The number of aromatic nitrogens is 4. The quantitative estimate of drug-likeness (QED) is 0.262. The van der Waals surface area contributed by atoms with Crippen LogP contribution in [-0.4, -0.2) is 85.3 Å². The summed E-state index contributed by atoms with van der Waals surface area (Å²) in [4.78, 5) is 56.7. The zero-order valence-electron chi connectivity index (χ0n) is 28.7. The van der Waals surface area contributed by atoms with E-state index < -0.39 is 17.6 Å². The number of rotatable bonds is 8. The number of aryl methyl sites for hydroxylation is 1. The van der Waals surface area contributed by atoms with Gasteiger partial charge in [0.2, 0.25) is 17.8 Å². The molecule has 2 N–H and O–H groups in total. The Hall–Kier alpha value is -5.17. The van der Waals surface area contributed by atoms with Gasteiger partial charge in [0.15, 0.2) is 0 Å². The third-order valence-electron chi connectivity index (χ3n) is 11.0. The van der Waals surface area contributed by atoms with Gasteiger partial charge in [-0.05, 0) is 67.0 Å². The summed E-state index contributed by atoms with van der Waals surface area (Å²) in [5, 5.41) is 5.82. The van der Waals surface area contributed by atoms with Gasteiger partial charge in [-0.2, -0.15) is 0 Å². The third kappa shape index (κ3) is 6.69. The monoisotopic (exact) mass is 691 g/mol. The third-order valence-corrected chi connectivity index (χ3v) is 11.0. The molecule has 51 heavy (non-hydrogen) atoms.